The van der Waals surface area contributed by atoms with Gasteiger partial charge >= 0.3 is 0 Å². The maximum atomic E-state index is 14.1. The number of ether oxygens (including phenoxy) is 1. The molecule has 1 aliphatic heterocycles. The van der Waals surface area contributed by atoms with Gasteiger partial charge in [-0.2, -0.15) is 9.97 Å². The van der Waals surface area contributed by atoms with Gasteiger partial charge in [0, 0.05) is 38.3 Å². The molecule has 0 unspecified atom stereocenters. The zero-order valence-electron chi connectivity index (χ0n) is 22.0. The number of alkyl halides is 2. The molecule has 38 heavy (non-hydrogen) atoms. The third-order valence-electron chi connectivity index (χ3n) is 7.25. The fraction of sp³-hybridized carbons (Fsp3) is 0.593. The van der Waals surface area contributed by atoms with Crippen molar-refractivity contribution < 1.29 is 18.6 Å². The number of halogens is 2. The lowest BCUT2D eigenvalue weighted by molar-refractivity contribution is 0.0737. The number of nitrogens with one attached hydrogen (secondary N) is 2. The Kier molecular flexibility index (Phi) is 8.06. The van der Waals surface area contributed by atoms with Crippen LogP contribution in [0.25, 0.3) is 16.9 Å². The van der Waals surface area contributed by atoms with Gasteiger partial charge in [-0.15, -0.1) is 0 Å². The van der Waals surface area contributed by atoms with Crippen molar-refractivity contribution in [2.24, 2.45) is 5.92 Å². The molecule has 2 fully saturated rings. The first kappa shape index (κ1) is 26.7. The summed E-state index contributed by atoms with van der Waals surface area (Å²) >= 11 is 0. The van der Waals surface area contributed by atoms with E-state index in [1.807, 2.05) is 24.8 Å². The van der Waals surface area contributed by atoms with Gasteiger partial charge < -0.3 is 25.4 Å². The van der Waals surface area contributed by atoms with E-state index in [1.165, 1.54) is 4.57 Å². The molecule has 206 valence electrons. The lowest BCUT2D eigenvalue weighted by Crippen LogP contribution is -2.42. The molecule has 1 saturated heterocycles. The first-order valence-corrected chi connectivity index (χ1v) is 13.4. The van der Waals surface area contributed by atoms with Crippen molar-refractivity contribution in [1.29, 1.82) is 0 Å². The van der Waals surface area contributed by atoms with Gasteiger partial charge in [0.1, 0.15) is 11.6 Å². The van der Waals surface area contributed by atoms with Gasteiger partial charge in [0.15, 0.2) is 5.82 Å². The monoisotopic (exact) mass is 529 g/mol. The van der Waals surface area contributed by atoms with Gasteiger partial charge in [-0.3, -0.25) is 4.57 Å². The number of benzene rings is 1. The highest BCUT2D eigenvalue weighted by atomic mass is 19.3. The number of anilines is 2. The minimum absolute atomic E-state index is 0.333. The summed E-state index contributed by atoms with van der Waals surface area (Å²) in [5.41, 5.74) is 0.363. The molecule has 0 bridgehead atoms. The van der Waals surface area contributed by atoms with Crippen molar-refractivity contribution in [3.05, 3.63) is 36.2 Å². The Labute approximate surface area is 221 Å². The Hall–Kier alpha value is -2.89. The van der Waals surface area contributed by atoms with Crippen LogP contribution in [-0.4, -0.2) is 75.7 Å². The van der Waals surface area contributed by atoms with Crippen LogP contribution in [0, 0.1) is 5.92 Å². The first-order chi connectivity index (χ1) is 18.3. The van der Waals surface area contributed by atoms with Gasteiger partial charge in [-0.05, 0) is 57.6 Å². The quantitative estimate of drug-likeness (QED) is 0.384. The second-order valence-corrected chi connectivity index (χ2v) is 10.9. The zero-order valence-corrected chi connectivity index (χ0v) is 22.0. The van der Waals surface area contributed by atoms with Crippen LogP contribution in [0.5, 0.6) is 0 Å². The summed E-state index contributed by atoms with van der Waals surface area (Å²) in [5.74, 6) is 1.61. The van der Waals surface area contributed by atoms with Gasteiger partial charge in [0.25, 0.3) is 6.43 Å². The van der Waals surface area contributed by atoms with E-state index in [-0.39, 0.29) is 5.82 Å². The van der Waals surface area contributed by atoms with E-state index in [4.69, 9.17) is 14.7 Å². The number of nitrogens with zero attached hydrogens (tertiary/aromatic N) is 5. The van der Waals surface area contributed by atoms with Gasteiger partial charge in [-0.25, -0.2) is 13.8 Å². The SMILES string of the molecule is CC(C)(O)CNC1CCC(CNc2cc(-n3c(C(F)F)nc4ccccc43)nc(N3CCOCC3)n2)CC1. The van der Waals surface area contributed by atoms with Gasteiger partial charge in [0.2, 0.25) is 5.95 Å². The molecule has 0 radical (unpaired) electrons. The number of fused-ring (bicyclic) bond motifs is 1. The fourth-order valence-corrected chi connectivity index (χ4v) is 5.18. The number of hydrogen-bond acceptors (Lipinski definition) is 8. The lowest BCUT2D eigenvalue weighted by atomic mass is 9.85. The molecule has 5 rings (SSSR count). The number of aromatic nitrogens is 4. The highest BCUT2D eigenvalue weighted by molar-refractivity contribution is 5.78. The maximum Gasteiger partial charge on any atom is 0.296 e. The van der Waals surface area contributed by atoms with E-state index in [0.717, 1.165) is 32.2 Å². The minimum Gasteiger partial charge on any atom is -0.389 e. The van der Waals surface area contributed by atoms with Crippen molar-refractivity contribution in [2.75, 3.05) is 49.6 Å². The van der Waals surface area contributed by atoms with Crippen LogP contribution in [0.4, 0.5) is 20.5 Å². The molecule has 3 N–H and O–H groups in total. The number of hydrogen-bond donors (Lipinski definition) is 3. The number of morpholine rings is 1. The topological polar surface area (TPSA) is 100 Å². The third-order valence-corrected chi connectivity index (χ3v) is 7.25. The highest BCUT2D eigenvalue weighted by Gasteiger charge is 2.25. The van der Waals surface area contributed by atoms with Crippen LogP contribution >= 0.6 is 0 Å². The fourth-order valence-electron chi connectivity index (χ4n) is 5.18. The second-order valence-electron chi connectivity index (χ2n) is 10.9. The van der Waals surface area contributed by atoms with E-state index in [9.17, 15) is 13.9 Å². The zero-order chi connectivity index (χ0) is 26.7. The molecule has 1 aliphatic carbocycles. The second kappa shape index (κ2) is 11.5. The summed E-state index contributed by atoms with van der Waals surface area (Å²) in [5, 5.41) is 16.9. The van der Waals surface area contributed by atoms with Crippen LogP contribution in [0.2, 0.25) is 0 Å². The van der Waals surface area contributed by atoms with E-state index in [0.29, 0.717) is 73.4 Å². The number of rotatable bonds is 9. The van der Waals surface area contributed by atoms with Crippen molar-refractivity contribution >= 4 is 22.8 Å². The normalized spacial score (nSPS) is 20.8. The molecule has 0 spiro atoms. The molecule has 3 aromatic rings. The summed E-state index contributed by atoms with van der Waals surface area (Å²) in [6, 6.07) is 9.26. The maximum absolute atomic E-state index is 14.1. The molecule has 11 heteroatoms. The molecule has 1 aromatic carbocycles. The number of imidazole rings is 1. The first-order valence-electron chi connectivity index (χ1n) is 13.4. The summed E-state index contributed by atoms with van der Waals surface area (Å²) in [6.07, 6.45) is 1.48. The molecule has 1 saturated carbocycles. The van der Waals surface area contributed by atoms with Crippen molar-refractivity contribution in [3.8, 4) is 5.82 Å². The van der Waals surface area contributed by atoms with Crippen LogP contribution < -0.4 is 15.5 Å². The van der Waals surface area contributed by atoms with Crippen LogP contribution in [0.1, 0.15) is 51.8 Å². The largest absolute Gasteiger partial charge is 0.389 e. The summed E-state index contributed by atoms with van der Waals surface area (Å²) in [6.45, 7) is 7.35. The van der Waals surface area contributed by atoms with Crippen LogP contribution in [0.15, 0.2) is 30.3 Å². The smallest absolute Gasteiger partial charge is 0.296 e. The Morgan fingerprint density at radius 3 is 2.53 bits per heavy atom. The predicted molar refractivity (Wildman–Crippen MR) is 143 cm³/mol. The van der Waals surface area contributed by atoms with Crippen molar-refractivity contribution in [3.63, 3.8) is 0 Å². The van der Waals surface area contributed by atoms with Crippen LogP contribution in [0.3, 0.4) is 0 Å². The van der Waals surface area contributed by atoms with E-state index in [2.05, 4.69) is 15.6 Å². The molecular weight excluding hydrogens is 492 g/mol. The molecule has 0 amide bonds. The molecule has 3 heterocycles. The standard InChI is InChI=1S/C27H37F2N7O2/c1-27(2,37)17-31-19-9-7-18(8-10-19)16-30-22-15-23(34-26(33-22)35-11-13-38-14-12-35)36-21-6-4-3-5-20(21)32-25(36)24(28)29/h3-6,15,18-19,24,31,37H,7-14,16-17H2,1-2H3,(H,30,33,34). The van der Waals surface area contributed by atoms with Crippen molar-refractivity contribution in [1.82, 2.24) is 24.8 Å². The summed E-state index contributed by atoms with van der Waals surface area (Å²) < 4.78 is 35.1. The molecule has 2 aromatic heterocycles. The molecule has 2 aliphatic rings. The number of aliphatic hydroxyl groups is 1. The predicted octanol–water partition coefficient (Wildman–Crippen LogP) is 3.92. The van der Waals surface area contributed by atoms with Gasteiger partial charge in [-0.1, -0.05) is 12.1 Å². The average Bonchev–Trinajstić information content (AvgIpc) is 3.31. The lowest BCUT2D eigenvalue weighted by Gasteiger charge is -2.31. The van der Waals surface area contributed by atoms with E-state index in [1.54, 1.807) is 24.3 Å². The van der Waals surface area contributed by atoms with Crippen molar-refractivity contribution in [2.45, 2.75) is 57.6 Å². The van der Waals surface area contributed by atoms with Crippen LogP contribution in [-0.2, 0) is 4.74 Å². The Bertz CT molecular complexity index is 1220. The highest BCUT2D eigenvalue weighted by Crippen LogP contribution is 2.30. The Morgan fingerprint density at radius 2 is 1.82 bits per heavy atom. The molecule has 9 nitrogen and oxygen atoms in total. The third kappa shape index (κ3) is 6.39. The Morgan fingerprint density at radius 1 is 1.08 bits per heavy atom. The molecular formula is C27H37F2N7O2. The summed E-state index contributed by atoms with van der Waals surface area (Å²) in [7, 11) is 0. The van der Waals surface area contributed by atoms with Gasteiger partial charge in [0.05, 0.1) is 29.8 Å². The minimum atomic E-state index is -2.75. The Balaban J connectivity index is 1.36. The summed E-state index contributed by atoms with van der Waals surface area (Å²) in [4.78, 5) is 15.7. The van der Waals surface area contributed by atoms with E-state index < -0.39 is 12.0 Å². The van der Waals surface area contributed by atoms with E-state index >= 15 is 0 Å². The average molecular weight is 530 g/mol. The number of para-hydroxylation sites is 2. The molecule has 0 atom stereocenters.